The summed E-state index contributed by atoms with van der Waals surface area (Å²) in [7, 11) is -14.4. The number of aromatic nitrogens is 4. The highest BCUT2D eigenvalue weighted by Crippen LogP contribution is 2.37. The van der Waals surface area contributed by atoms with Crippen LogP contribution in [0.25, 0.3) is 27.5 Å². The number of nitrogens with one attached hydrogen (secondary N) is 1. The molecule has 0 atom stereocenters. The molecule has 0 aliphatic rings. The first-order valence-electron chi connectivity index (χ1n) is 13.7. The highest BCUT2D eigenvalue weighted by molar-refractivity contribution is 7.86. The SMILES string of the molecule is Cc1ccc[n+](-c2nc(N)nc(Nc3ccc(N=Nc4cc(S(=O)(=O)O)c5cccc(S(=O)(=O)O)c5c4)c4ccc(S(=O)(=O)O)cc34)n2)c1. The molecule has 2 aromatic heterocycles. The maximum atomic E-state index is 12.2. The number of fused-ring (bicyclic) bond motifs is 2. The van der Waals surface area contributed by atoms with Crippen molar-refractivity contribution in [2.45, 2.75) is 21.6 Å². The fourth-order valence-electron chi connectivity index (χ4n) is 4.98. The minimum absolute atomic E-state index is 0.00649. The van der Waals surface area contributed by atoms with Crippen molar-refractivity contribution in [1.29, 1.82) is 0 Å². The predicted octanol–water partition coefficient (Wildman–Crippen LogP) is 4.24. The molecule has 0 aliphatic heterocycles. The van der Waals surface area contributed by atoms with Gasteiger partial charge in [0.05, 0.1) is 34.4 Å². The second-order valence-electron chi connectivity index (χ2n) is 10.5. The third-order valence-corrected chi connectivity index (χ3v) is 9.72. The number of nitrogen functional groups attached to an aromatic ring is 1. The Balaban J connectivity index is 1.48. The van der Waals surface area contributed by atoms with Crippen LogP contribution in [0.1, 0.15) is 5.56 Å². The molecule has 2 heterocycles. The number of nitrogens with two attached hydrogens (primary N) is 1. The molecule has 6 N–H and O–H groups in total. The molecule has 0 saturated carbocycles. The van der Waals surface area contributed by atoms with Gasteiger partial charge in [0.1, 0.15) is 9.79 Å². The zero-order chi connectivity index (χ0) is 35.3. The molecule has 49 heavy (non-hydrogen) atoms. The first-order valence-corrected chi connectivity index (χ1v) is 18.0. The number of anilines is 3. The summed E-state index contributed by atoms with van der Waals surface area (Å²) in [5.41, 5.74) is 7.02. The minimum atomic E-state index is -4.91. The molecular formula is C29H23N8O9S3+. The van der Waals surface area contributed by atoms with Crippen molar-refractivity contribution in [1.82, 2.24) is 15.0 Å². The Bertz CT molecular complexity index is 2710. The lowest BCUT2D eigenvalue weighted by Crippen LogP contribution is -2.33. The van der Waals surface area contributed by atoms with Crippen molar-refractivity contribution >= 4 is 80.9 Å². The van der Waals surface area contributed by atoms with E-state index in [1.807, 2.05) is 13.0 Å². The van der Waals surface area contributed by atoms with Gasteiger partial charge in [-0.25, -0.2) is 4.57 Å². The molecule has 20 heteroatoms. The van der Waals surface area contributed by atoms with Crippen LogP contribution in [0.15, 0.2) is 110 Å². The normalized spacial score (nSPS) is 12.6. The number of rotatable bonds is 8. The Labute approximate surface area is 278 Å². The number of hydrogen-bond donors (Lipinski definition) is 5. The number of azo groups is 1. The Kier molecular flexibility index (Phi) is 8.30. The van der Waals surface area contributed by atoms with E-state index in [1.54, 1.807) is 23.0 Å². The molecule has 0 saturated heterocycles. The van der Waals surface area contributed by atoms with Gasteiger partial charge in [0.15, 0.2) is 0 Å². The second-order valence-corrected chi connectivity index (χ2v) is 14.7. The van der Waals surface area contributed by atoms with Gasteiger partial charge in [-0.05, 0) is 71.0 Å². The van der Waals surface area contributed by atoms with E-state index >= 15 is 0 Å². The quantitative estimate of drug-likeness (QED) is 0.0835. The van der Waals surface area contributed by atoms with Gasteiger partial charge in [0, 0.05) is 21.5 Å². The monoisotopic (exact) mass is 723 g/mol. The molecule has 0 spiro atoms. The zero-order valence-electron chi connectivity index (χ0n) is 24.9. The molecule has 250 valence electrons. The van der Waals surface area contributed by atoms with Gasteiger partial charge in [-0.1, -0.05) is 24.3 Å². The first-order chi connectivity index (χ1) is 23.0. The molecule has 0 aliphatic carbocycles. The zero-order valence-corrected chi connectivity index (χ0v) is 27.3. The largest absolute Gasteiger partial charge is 0.444 e. The topological polar surface area (TPSA) is 268 Å². The average Bonchev–Trinajstić information content (AvgIpc) is 3.02. The smallest absolute Gasteiger partial charge is 0.353 e. The van der Waals surface area contributed by atoms with Gasteiger partial charge in [-0.15, -0.1) is 10.1 Å². The van der Waals surface area contributed by atoms with Crippen LogP contribution in [0, 0.1) is 6.92 Å². The lowest BCUT2D eigenvalue weighted by atomic mass is 10.1. The standard InChI is InChI=1S/C29H22N8O9S3/c1-16-4-3-11-37(15-16)29-33-27(30)32-28(34-29)31-23-9-10-24(19-8-7-18(14-21(19)23)47(38,39)40)36-35-17-12-22-20(26(13-17)49(44,45)46)5-2-6-25(22)48(41,42)43/h2-15H,1H3,(H5-,30,31,32,33,34,38,39,40,41,42,43,44,45,46)/p+1. The van der Waals surface area contributed by atoms with Crippen molar-refractivity contribution in [3.63, 3.8) is 0 Å². The van der Waals surface area contributed by atoms with Crippen molar-refractivity contribution in [2.24, 2.45) is 10.2 Å². The first kappa shape index (κ1) is 33.4. The van der Waals surface area contributed by atoms with Crippen LogP contribution in [-0.4, -0.2) is 53.9 Å². The van der Waals surface area contributed by atoms with E-state index in [0.717, 1.165) is 35.9 Å². The van der Waals surface area contributed by atoms with Crippen LogP contribution in [0.3, 0.4) is 0 Å². The van der Waals surface area contributed by atoms with Crippen molar-refractivity contribution in [3.05, 3.63) is 90.8 Å². The van der Waals surface area contributed by atoms with Gasteiger partial charge in [-0.3, -0.25) is 13.7 Å². The molecular weight excluding hydrogens is 701 g/mol. The van der Waals surface area contributed by atoms with Crippen LogP contribution >= 0.6 is 0 Å². The third-order valence-electron chi connectivity index (χ3n) is 7.06. The van der Waals surface area contributed by atoms with E-state index in [1.165, 1.54) is 30.3 Å². The summed E-state index contributed by atoms with van der Waals surface area (Å²) < 4.78 is 104. The summed E-state index contributed by atoms with van der Waals surface area (Å²) in [6, 6.07) is 15.8. The van der Waals surface area contributed by atoms with Crippen molar-refractivity contribution in [2.75, 3.05) is 11.1 Å². The third kappa shape index (κ3) is 7.04. The van der Waals surface area contributed by atoms with Gasteiger partial charge in [0.2, 0.25) is 0 Å². The molecule has 0 amide bonds. The molecule has 6 aromatic rings. The van der Waals surface area contributed by atoms with E-state index in [2.05, 4.69) is 30.5 Å². The number of aryl methyl sites for hydroxylation is 1. The highest BCUT2D eigenvalue weighted by atomic mass is 32.2. The van der Waals surface area contributed by atoms with Crippen LogP contribution in [-0.2, 0) is 30.4 Å². The number of benzene rings is 4. The summed E-state index contributed by atoms with van der Waals surface area (Å²) in [5.74, 6) is 0.0588. The van der Waals surface area contributed by atoms with Gasteiger partial charge in [0.25, 0.3) is 30.4 Å². The Morgan fingerprint density at radius 3 is 2.16 bits per heavy atom. The highest BCUT2D eigenvalue weighted by Gasteiger charge is 2.22. The van der Waals surface area contributed by atoms with Crippen LogP contribution in [0.5, 0.6) is 0 Å². The van der Waals surface area contributed by atoms with Gasteiger partial charge < -0.3 is 11.1 Å². The van der Waals surface area contributed by atoms with Crippen molar-refractivity contribution < 1.29 is 43.5 Å². The summed E-state index contributed by atoms with van der Waals surface area (Å²) in [6.07, 6.45) is 3.47. The van der Waals surface area contributed by atoms with Crippen molar-refractivity contribution in [3.8, 4) is 5.95 Å². The maximum absolute atomic E-state index is 12.2. The number of nitrogens with zero attached hydrogens (tertiary/aromatic N) is 6. The minimum Gasteiger partial charge on any atom is -0.353 e. The average molecular weight is 724 g/mol. The molecule has 6 rings (SSSR count). The Morgan fingerprint density at radius 2 is 1.47 bits per heavy atom. The fourth-order valence-corrected chi connectivity index (χ4v) is 6.90. The van der Waals surface area contributed by atoms with E-state index in [0.29, 0.717) is 0 Å². The lowest BCUT2D eigenvalue weighted by molar-refractivity contribution is -0.603. The van der Waals surface area contributed by atoms with E-state index in [9.17, 15) is 38.9 Å². The summed E-state index contributed by atoms with van der Waals surface area (Å²) in [5, 5.41) is 11.2. The number of hydrogen-bond acceptors (Lipinski definition) is 13. The Hall–Kier alpha value is -5.51. The second kappa shape index (κ2) is 12.2. The van der Waals surface area contributed by atoms with E-state index in [4.69, 9.17) is 5.73 Å². The van der Waals surface area contributed by atoms with Gasteiger partial charge >= 0.3 is 17.8 Å². The molecule has 0 radical (unpaired) electrons. The molecule has 4 aromatic carbocycles. The van der Waals surface area contributed by atoms with Crippen LogP contribution < -0.4 is 15.6 Å². The van der Waals surface area contributed by atoms with E-state index in [-0.39, 0.29) is 56.5 Å². The number of pyridine rings is 1. The maximum Gasteiger partial charge on any atom is 0.444 e. The lowest BCUT2D eigenvalue weighted by Gasteiger charge is -2.11. The predicted molar refractivity (Wildman–Crippen MR) is 175 cm³/mol. The summed E-state index contributed by atoms with van der Waals surface area (Å²) in [6.45, 7) is 1.88. The molecule has 17 nitrogen and oxygen atoms in total. The molecule has 0 unspecified atom stereocenters. The summed E-state index contributed by atoms with van der Waals surface area (Å²) >= 11 is 0. The van der Waals surface area contributed by atoms with E-state index < -0.39 is 45.0 Å². The Morgan fingerprint density at radius 1 is 0.714 bits per heavy atom. The van der Waals surface area contributed by atoms with Crippen LogP contribution in [0.2, 0.25) is 0 Å². The summed E-state index contributed by atoms with van der Waals surface area (Å²) in [4.78, 5) is 10.9. The van der Waals surface area contributed by atoms with Crippen LogP contribution in [0.4, 0.5) is 29.0 Å². The fraction of sp³-hybridized carbons (Fsp3) is 0.0345. The molecule has 0 bridgehead atoms. The molecule has 0 fully saturated rings. The van der Waals surface area contributed by atoms with Gasteiger partial charge in [-0.2, -0.15) is 30.4 Å².